The van der Waals surface area contributed by atoms with Crippen LogP contribution in [0.1, 0.15) is 43.9 Å². The molecular formula is C22H17N3O6. The van der Waals surface area contributed by atoms with Gasteiger partial charge in [-0.15, -0.1) is 0 Å². The molecule has 0 spiro atoms. The number of carbonyl (C=O) groups excluding carboxylic acids is 5. The van der Waals surface area contributed by atoms with Crippen molar-refractivity contribution in [2.45, 2.75) is 18.5 Å². The first-order valence-electron chi connectivity index (χ1n) is 9.70. The van der Waals surface area contributed by atoms with Gasteiger partial charge in [-0.1, -0.05) is 24.3 Å². The molecule has 4 amide bonds. The van der Waals surface area contributed by atoms with E-state index in [1.807, 2.05) is 0 Å². The van der Waals surface area contributed by atoms with Crippen LogP contribution in [0.2, 0.25) is 0 Å². The van der Waals surface area contributed by atoms with Gasteiger partial charge in [0.2, 0.25) is 11.6 Å². The lowest BCUT2D eigenvalue weighted by Gasteiger charge is -2.46. The molecule has 0 aliphatic carbocycles. The van der Waals surface area contributed by atoms with E-state index in [1.54, 1.807) is 36.4 Å². The number of benzene rings is 2. The van der Waals surface area contributed by atoms with Crippen LogP contribution in [0.3, 0.4) is 0 Å². The quantitative estimate of drug-likeness (QED) is 0.550. The fourth-order valence-corrected chi connectivity index (χ4v) is 4.49. The van der Waals surface area contributed by atoms with Crippen LogP contribution in [0.4, 0.5) is 5.69 Å². The average Bonchev–Trinajstić information content (AvgIpc) is 3.26. The van der Waals surface area contributed by atoms with Crippen LogP contribution in [0.15, 0.2) is 48.5 Å². The highest BCUT2D eigenvalue weighted by molar-refractivity contribution is 6.21. The summed E-state index contributed by atoms with van der Waals surface area (Å²) in [6.45, 7) is -0.612. The van der Waals surface area contributed by atoms with Crippen molar-refractivity contribution >= 4 is 35.3 Å². The van der Waals surface area contributed by atoms with Crippen molar-refractivity contribution in [1.82, 2.24) is 9.80 Å². The van der Waals surface area contributed by atoms with Crippen molar-refractivity contribution < 1.29 is 28.7 Å². The van der Waals surface area contributed by atoms with Crippen LogP contribution >= 0.6 is 0 Å². The molecule has 9 heteroatoms. The molecule has 31 heavy (non-hydrogen) atoms. The number of rotatable bonds is 3. The Labute approximate surface area is 176 Å². The van der Waals surface area contributed by atoms with Crippen molar-refractivity contribution in [3.05, 3.63) is 65.2 Å². The molecule has 156 valence electrons. The molecule has 9 nitrogen and oxygen atoms in total. The summed E-state index contributed by atoms with van der Waals surface area (Å²) in [5, 5.41) is 0. The van der Waals surface area contributed by atoms with Gasteiger partial charge in [-0.2, -0.15) is 0 Å². The van der Waals surface area contributed by atoms with Gasteiger partial charge in [0.05, 0.1) is 22.4 Å². The molecule has 0 aromatic heterocycles. The molecule has 0 saturated carbocycles. The summed E-state index contributed by atoms with van der Waals surface area (Å²) < 4.78 is 5.38. The van der Waals surface area contributed by atoms with Crippen molar-refractivity contribution in [1.29, 1.82) is 0 Å². The largest absolute Gasteiger partial charge is 0.441 e. The van der Waals surface area contributed by atoms with Crippen LogP contribution in [0, 0.1) is 0 Å². The standard InChI is InChI=1S/C22H17N3O6/c1-23-18(27)15-8-4-5-9-16(15)25-17(26)10-11-22(23,25)21(30)31-12-24-19(28)13-6-2-3-7-14(13)20(24)29/h2-9H,10-12H2,1H3/t22-/m1/s1. The molecule has 1 atom stereocenters. The summed E-state index contributed by atoms with van der Waals surface area (Å²) in [6, 6.07) is 12.9. The van der Waals surface area contributed by atoms with Crippen LogP contribution in [0.25, 0.3) is 0 Å². The molecule has 1 fully saturated rings. The number of likely N-dealkylation sites (N-methyl/N-ethyl adjacent to an activating group) is 1. The highest BCUT2D eigenvalue weighted by atomic mass is 16.6. The minimum absolute atomic E-state index is 0.0450. The molecule has 1 saturated heterocycles. The fraction of sp³-hybridized carbons (Fsp3) is 0.227. The van der Waals surface area contributed by atoms with E-state index in [9.17, 15) is 24.0 Å². The number of hydrogen-bond donors (Lipinski definition) is 0. The number of hydrogen-bond acceptors (Lipinski definition) is 6. The maximum atomic E-state index is 13.3. The van der Waals surface area contributed by atoms with Gasteiger partial charge >= 0.3 is 5.97 Å². The molecule has 0 N–H and O–H groups in total. The highest BCUT2D eigenvalue weighted by Crippen LogP contribution is 2.44. The fourth-order valence-electron chi connectivity index (χ4n) is 4.49. The van der Waals surface area contributed by atoms with Crippen molar-refractivity contribution in [3.63, 3.8) is 0 Å². The van der Waals surface area contributed by atoms with Crippen LogP contribution in [-0.4, -0.2) is 58.8 Å². The molecule has 5 rings (SSSR count). The number of esters is 1. The van der Waals surface area contributed by atoms with Gasteiger partial charge in [0.15, 0.2) is 6.73 Å². The van der Waals surface area contributed by atoms with Gasteiger partial charge in [0.25, 0.3) is 17.7 Å². The van der Waals surface area contributed by atoms with Crippen LogP contribution in [-0.2, 0) is 14.3 Å². The number of ether oxygens (including phenoxy) is 1. The number of nitrogens with zero attached hydrogens (tertiary/aromatic N) is 3. The lowest BCUT2D eigenvalue weighted by molar-refractivity contribution is -0.159. The summed E-state index contributed by atoms with van der Waals surface area (Å²) in [7, 11) is 1.44. The Hall–Kier alpha value is -4.01. The number of para-hydroxylation sites is 1. The zero-order chi connectivity index (χ0) is 21.9. The number of fused-ring (bicyclic) bond motifs is 4. The van der Waals surface area contributed by atoms with E-state index in [1.165, 1.54) is 29.0 Å². The topological polar surface area (TPSA) is 104 Å². The Morgan fingerprint density at radius 1 is 0.903 bits per heavy atom. The van der Waals surface area contributed by atoms with Gasteiger partial charge in [-0.3, -0.25) is 24.1 Å². The van der Waals surface area contributed by atoms with Crippen molar-refractivity contribution in [2.75, 3.05) is 18.7 Å². The number of imide groups is 1. The minimum atomic E-state index is -1.67. The maximum absolute atomic E-state index is 13.3. The molecule has 0 radical (unpaired) electrons. The van der Waals surface area contributed by atoms with Crippen molar-refractivity contribution in [2.24, 2.45) is 0 Å². The first kappa shape index (κ1) is 19.0. The van der Waals surface area contributed by atoms with E-state index in [-0.39, 0.29) is 29.9 Å². The van der Waals surface area contributed by atoms with Crippen molar-refractivity contribution in [3.8, 4) is 0 Å². The number of carbonyl (C=O) groups is 5. The highest BCUT2D eigenvalue weighted by Gasteiger charge is 2.61. The normalized spacial score (nSPS) is 21.9. The predicted molar refractivity (Wildman–Crippen MR) is 106 cm³/mol. The Balaban J connectivity index is 1.45. The smallest absolute Gasteiger partial charge is 0.355 e. The Morgan fingerprint density at radius 2 is 1.48 bits per heavy atom. The van der Waals surface area contributed by atoms with Gasteiger partial charge in [0.1, 0.15) is 0 Å². The summed E-state index contributed by atoms with van der Waals surface area (Å²) >= 11 is 0. The minimum Gasteiger partial charge on any atom is -0.441 e. The SMILES string of the molecule is CN1C(=O)c2ccccc2N2C(=O)CC[C@@]12C(=O)OCN1C(=O)c2ccccc2C1=O. The van der Waals surface area contributed by atoms with E-state index in [0.29, 0.717) is 11.3 Å². The third-order valence-corrected chi connectivity index (χ3v) is 6.07. The number of anilines is 1. The van der Waals surface area contributed by atoms with E-state index < -0.39 is 36.1 Å². The van der Waals surface area contributed by atoms with Gasteiger partial charge in [-0.05, 0) is 24.3 Å². The zero-order valence-corrected chi connectivity index (χ0v) is 16.5. The van der Waals surface area contributed by atoms with Crippen LogP contribution in [0.5, 0.6) is 0 Å². The van der Waals surface area contributed by atoms with Gasteiger partial charge in [0, 0.05) is 19.9 Å². The third-order valence-electron chi connectivity index (χ3n) is 6.07. The first-order chi connectivity index (χ1) is 14.9. The summed E-state index contributed by atoms with van der Waals surface area (Å²) in [5.41, 5.74) is -0.548. The molecule has 3 heterocycles. The first-order valence-corrected chi connectivity index (χ1v) is 9.70. The predicted octanol–water partition coefficient (Wildman–Crippen LogP) is 1.39. The van der Waals surface area contributed by atoms with Gasteiger partial charge in [-0.25, -0.2) is 9.69 Å². The lowest BCUT2D eigenvalue weighted by atomic mass is 9.97. The molecule has 3 aliphatic rings. The van der Waals surface area contributed by atoms with E-state index >= 15 is 0 Å². The second kappa shape index (κ2) is 6.49. The Morgan fingerprint density at radius 3 is 2.13 bits per heavy atom. The van der Waals surface area contributed by atoms with Crippen LogP contribution < -0.4 is 4.90 Å². The molecule has 0 unspecified atom stereocenters. The third kappa shape index (κ3) is 2.40. The maximum Gasteiger partial charge on any atom is 0.355 e. The average molecular weight is 419 g/mol. The summed E-state index contributed by atoms with van der Waals surface area (Å²) in [4.78, 5) is 67.4. The second-order valence-electron chi connectivity index (χ2n) is 7.57. The van der Waals surface area contributed by atoms with E-state index in [4.69, 9.17) is 4.74 Å². The summed E-state index contributed by atoms with van der Waals surface area (Å²) in [6.07, 6.45) is 0.0947. The Bertz CT molecular complexity index is 1160. The monoisotopic (exact) mass is 419 g/mol. The molecule has 2 aromatic rings. The molecule has 3 aliphatic heterocycles. The lowest BCUT2D eigenvalue weighted by Crippen LogP contribution is -2.67. The summed E-state index contributed by atoms with van der Waals surface area (Å²) in [5.74, 6) is -2.74. The number of amides is 4. The molecule has 0 bridgehead atoms. The molecular weight excluding hydrogens is 402 g/mol. The molecule has 2 aromatic carbocycles. The Kier molecular flexibility index (Phi) is 3.98. The van der Waals surface area contributed by atoms with E-state index in [0.717, 1.165) is 4.90 Å². The second-order valence-corrected chi connectivity index (χ2v) is 7.57. The zero-order valence-electron chi connectivity index (χ0n) is 16.5. The van der Waals surface area contributed by atoms with Gasteiger partial charge < -0.3 is 9.64 Å². The van der Waals surface area contributed by atoms with E-state index in [2.05, 4.69) is 0 Å².